The molecular weight excluding hydrogens is 688 g/mol. The maximum absolute atomic E-state index is 11.7. The molecule has 54 heavy (non-hydrogen) atoms. The summed E-state index contributed by atoms with van der Waals surface area (Å²) < 4.78 is 44.7. The molecule has 0 amide bonds. The van der Waals surface area contributed by atoms with Crippen molar-refractivity contribution in [3.8, 4) is 5.75 Å². The van der Waals surface area contributed by atoms with Crippen LogP contribution in [0.3, 0.4) is 0 Å². The van der Waals surface area contributed by atoms with Gasteiger partial charge in [0.15, 0.2) is 6.79 Å². The summed E-state index contributed by atoms with van der Waals surface area (Å²) in [6, 6.07) is 6.83. The van der Waals surface area contributed by atoms with E-state index < -0.39 is 5.60 Å². The Hall–Kier alpha value is -1.83. The third-order valence-electron chi connectivity index (χ3n) is 12.5. The van der Waals surface area contributed by atoms with Crippen LogP contribution in [0.1, 0.15) is 96.1 Å². The number of unbranched alkanes of at least 4 members (excludes halogenated alkanes) is 2. The van der Waals surface area contributed by atoms with Crippen LogP contribution >= 0.6 is 0 Å². The number of carbonyl (C=O) groups is 1. The Morgan fingerprint density at radius 3 is 2.26 bits per heavy atom. The maximum atomic E-state index is 11.7. The van der Waals surface area contributed by atoms with Crippen LogP contribution in [0.25, 0.3) is 0 Å². The van der Waals surface area contributed by atoms with Crippen LogP contribution in [0.15, 0.2) is 18.2 Å². The van der Waals surface area contributed by atoms with E-state index in [1.54, 1.807) is 19.8 Å². The van der Waals surface area contributed by atoms with Crippen molar-refractivity contribution in [1.82, 2.24) is 9.80 Å². The molecule has 308 valence electrons. The molecule has 1 heterocycles. The zero-order valence-electron chi connectivity index (χ0n) is 34.5. The van der Waals surface area contributed by atoms with E-state index in [0.29, 0.717) is 63.7 Å². The number of esters is 1. The van der Waals surface area contributed by atoms with Crippen LogP contribution in [0.4, 0.5) is 0 Å². The van der Waals surface area contributed by atoms with Crippen molar-refractivity contribution in [2.24, 2.45) is 23.2 Å². The van der Waals surface area contributed by atoms with Crippen LogP contribution in [-0.2, 0) is 44.4 Å². The molecule has 0 spiro atoms. The SMILES string of the molecule is COCOc1ccc2c(c1)CC(CCCCCN1CCN(CCOCCOCCOCC(=O)OC(C)(C)C)CC1)C1C2CCC2(C)C(OCOC)CCC12. The Morgan fingerprint density at radius 2 is 1.54 bits per heavy atom. The number of nitrogens with zero attached hydrogens (tertiary/aromatic N) is 2. The molecule has 0 aromatic heterocycles. The predicted molar refractivity (Wildman–Crippen MR) is 209 cm³/mol. The highest BCUT2D eigenvalue weighted by Crippen LogP contribution is 2.63. The summed E-state index contributed by atoms with van der Waals surface area (Å²) in [4.78, 5) is 16.8. The standard InChI is InChI=1S/C43H72N2O9/c1-42(2,3)54-40(46)30-51-27-26-50-25-24-49-23-22-45-20-18-44(19-21-45)17-9-7-8-10-33-28-34-29-35(52-31-47-5)11-12-36(34)37-15-16-43(4)38(41(33)37)13-14-39(43)53-32-48-6/h11-12,29,33,37-39,41H,7-10,13-28,30-32H2,1-6H3. The highest BCUT2D eigenvalue weighted by Gasteiger charge is 2.57. The van der Waals surface area contributed by atoms with Crippen molar-refractivity contribution in [3.05, 3.63) is 29.3 Å². The van der Waals surface area contributed by atoms with Gasteiger partial charge in [0.25, 0.3) is 0 Å². The lowest BCUT2D eigenvalue weighted by Gasteiger charge is -2.53. The number of benzene rings is 1. The summed E-state index contributed by atoms with van der Waals surface area (Å²) in [5.74, 6) is 3.34. The molecule has 3 fully saturated rings. The van der Waals surface area contributed by atoms with E-state index in [1.165, 1.54) is 57.1 Å². The number of ether oxygens (including phenoxy) is 8. The molecule has 11 nitrogen and oxygen atoms in total. The summed E-state index contributed by atoms with van der Waals surface area (Å²) in [6.07, 6.45) is 11.5. The second-order valence-electron chi connectivity index (χ2n) is 17.2. The smallest absolute Gasteiger partial charge is 0.332 e. The highest BCUT2D eigenvalue weighted by atomic mass is 16.7. The van der Waals surface area contributed by atoms with Gasteiger partial charge < -0.3 is 42.8 Å². The van der Waals surface area contributed by atoms with Gasteiger partial charge in [-0.2, -0.15) is 0 Å². The molecule has 2 saturated carbocycles. The molecule has 6 unspecified atom stereocenters. The largest absolute Gasteiger partial charge is 0.468 e. The van der Waals surface area contributed by atoms with Gasteiger partial charge in [-0.05, 0) is 125 Å². The van der Waals surface area contributed by atoms with E-state index >= 15 is 0 Å². The van der Waals surface area contributed by atoms with Gasteiger partial charge in [-0.3, -0.25) is 4.90 Å². The first-order valence-electron chi connectivity index (χ1n) is 20.9. The van der Waals surface area contributed by atoms with Gasteiger partial charge in [-0.15, -0.1) is 0 Å². The fraction of sp³-hybridized carbons (Fsp3) is 0.837. The third-order valence-corrected chi connectivity index (χ3v) is 12.5. The second kappa shape index (κ2) is 21.6. The number of hydrogen-bond acceptors (Lipinski definition) is 11. The molecule has 0 radical (unpaired) electrons. The number of carbonyl (C=O) groups excluding carboxylic acids is 1. The van der Waals surface area contributed by atoms with Gasteiger partial charge in [0.05, 0.1) is 39.1 Å². The first kappa shape index (κ1) is 43.3. The van der Waals surface area contributed by atoms with E-state index in [2.05, 4.69) is 34.9 Å². The number of hydrogen-bond donors (Lipinski definition) is 0. The molecule has 1 aromatic carbocycles. The van der Waals surface area contributed by atoms with Crippen LogP contribution in [0.2, 0.25) is 0 Å². The van der Waals surface area contributed by atoms with Gasteiger partial charge in [0.1, 0.15) is 24.8 Å². The van der Waals surface area contributed by atoms with Crippen molar-refractivity contribution >= 4 is 5.97 Å². The fourth-order valence-corrected chi connectivity index (χ4v) is 9.96. The number of methoxy groups -OCH3 is 2. The number of rotatable bonds is 23. The van der Waals surface area contributed by atoms with Crippen molar-refractivity contribution in [2.75, 3.05) is 107 Å². The Bertz CT molecular complexity index is 1250. The summed E-state index contributed by atoms with van der Waals surface area (Å²) in [6.45, 7) is 17.9. The zero-order valence-corrected chi connectivity index (χ0v) is 34.5. The third kappa shape index (κ3) is 12.6. The van der Waals surface area contributed by atoms with Crippen LogP contribution in [0.5, 0.6) is 5.75 Å². The second-order valence-corrected chi connectivity index (χ2v) is 17.2. The van der Waals surface area contributed by atoms with Crippen molar-refractivity contribution in [3.63, 3.8) is 0 Å². The lowest BCUT2D eigenvalue weighted by atomic mass is 9.52. The summed E-state index contributed by atoms with van der Waals surface area (Å²) >= 11 is 0. The molecule has 0 bridgehead atoms. The fourth-order valence-electron chi connectivity index (χ4n) is 9.96. The van der Waals surface area contributed by atoms with Crippen molar-refractivity contribution < 1.29 is 42.7 Å². The minimum absolute atomic E-state index is 0.0527. The molecule has 1 aromatic rings. The lowest BCUT2D eigenvalue weighted by Crippen LogP contribution is -2.48. The van der Waals surface area contributed by atoms with Gasteiger partial charge in [0, 0.05) is 46.9 Å². The molecule has 11 heteroatoms. The predicted octanol–water partition coefficient (Wildman–Crippen LogP) is 6.31. The van der Waals surface area contributed by atoms with E-state index in [9.17, 15) is 4.79 Å². The van der Waals surface area contributed by atoms with E-state index in [4.69, 9.17) is 37.9 Å². The quantitative estimate of drug-likeness (QED) is 0.0714. The Balaban J connectivity index is 0.971. The molecular formula is C43H72N2O9. The molecule has 1 saturated heterocycles. The van der Waals surface area contributed by atoms with Gasteiger partial charge >= 0.3 is 5.97 Å². The van der Waals surface area contributed by atoms with E-state index in [0.717, 1.165) is 57.2 Å². The topological polar surface area (TPSA) is 97.4 Å². The van der Waals surface area contributed by atoms with Gasteiger partial charge in [0.2, 0.25) is 0 Å². The molecule has 6 atom stereocenters. The minimum Gasteiger partial charge on any atom is -0.468 e. The lowest BCUT2D eigenvalue weighted by molar-refractivity contribution is -0.160. The Morgan fingerprint density at radius 1 is 0.833 bits per heavy atom. The molecule has 5 rings (SSSR count). The van der Waals surface area contributed by atoms with Crippen LogP contribution < -0.4 is 4.74 Å². The monoisotopic (exact) mass is 761 g/mol. The molecule has 0 N–H and O–H groups in total. The average Bonchev–Trinajstić information content (AvgIpc) is 3.48. The highest BCUT2D eigenvalue weighted by molar-refractivity contribution is 5.71. The summed E-state index contributed by atoms with van der Waals surface area (Å²) in [5.41, 5.74) is 2.81. The normalized spacial score (nSPS) is 27.3. The minimum atomic E-state index is -0.496. The molecule has 1 aliphatic heterocycles. The molecule has 4 aliphatic rings. The summed E-state index contributed by atoms with van der Waals surface area (Å²) in [5, 5.41) is 0. The first-order valence-corrected chi connectivity index (χ1v) is 20.9. The Kier molecular flexibility index (Phi) is 17.3. The van der Waals surface area contributed by atoms with Crippen LogP contribution in [0, 0.1) is 23.2 Å². The first-order chi connectivity index (χ1) is 26.1. The maximum Gasteiger partial charge on any atom is 0.332 e. The van der Waals surface area contributed by atoms with E-state index in [1.807, 2.05) is 20.8 Å². The van der Waals surface area contributed by atoms with Gasteiger partial charge in [-0.1, -0.05) is 25.8 Å². The number of piperazine rings is 1. The number of fused-ring (bicyclic) bond motifs is 5. The van der Waals surface area contributed by atoms with Crippen LogP contribution in [-0.4, -0.2) is 134 Å². The zero-order chi connectivity index (χ0) is 38.4. The Labute approximate surface area is 326 Å². The van der Waals surface area contributed by atoms with E-state index in [-0.39, 0.29) is 24.8 Å². The molecule has 3 aliphatic carbocycles. The van der Waals surface area contributed by atoms with Crippen molar-refractivity contribution in [2.45, 2.75) is 103 Å². The average molecular weight is 761 g/mol. The van der Waals surface area contributed by atoms with Gasteiger partial charge in [-0.25, -0.2) is 4.79 Å². The van der Waals surface area contributed by atoms with Crippen molar-refractivity contribution in [1.29, 1.82) is 0 Å². The summed E-state index contributed by atoms with van der Waals surface area (Å²) in [7, 11) is 3.42.